The van der Waals surface area contributed by atoms with E-state index in [4.69, 9.17) is 4.74 Å². The van der Waals surface area contributed by atoms with E-state index >= 15 is 0 Å². The zero-order chi connectivity index (χ0) is 13.1. The van der Waals surface area contributed by atoms with E-state index in [0.717, 1.165) is 19.4 Å². The quantitative estimate of drug-likeness (QED) is 0.879. The van der Waals surface area contributed by atoms with Gasteiger partial charge in [-0.25, -0.2) is 9.97 Å². The lowest BCUT2D eigenvalue weighted by Gasteiger charge is -2.12. The molecule has 1 aromatic carbocycles. The normalized spacial score (nSPS) is 18.4. The number of phenols is 1. The van der Waals surface area contributed by atoms with Crippen LogP contribution in [0.5, 0.6) is 11.5 Å². The van der Waals surface area contributed by atoms with E-state index in [-0.39, 0.29) is 12.0 Å². The van der Waals surface area contributed by atoms with Gasteiger partial charge in [0.2, 0.25) is 0 Å². The zero-order valence-corrected chi connectivity index (χ0v) is 10.4. The van der Waals surface area contributed by atoms with Crippen LogP contribution in [0.3, 0.4) is 0 Å². The summed E-state index contributed by atoms with van der Waals surface area (Å²) in [4.78, 5) is 8.46. The highest BCUT2D eigenvalue weighted by Gasteiger charge is 2.15. The third kappa shape index (κ3) is 2.66. The Kier molecular flexibility index (Phi) is 3.29. The maximum atomic E-state index is 9.74. The molecule has 0 amide bonds. The van der Waals surface area contributed by atoms with Crippen molar-refractivity contribution in [3.63, 3.8) is 0 Å². The molecule has 2 aromatic rings. The van der Waals surface area contributed by atoms with Crippen LogP contribution in [0, 0.1) is 0 Å². The first-order chi connectivity index (χ1) is 9.33. The molecule has 19 heavy (non-hydrogen) atoms. The number of ether oxygens (including phenoxy) is 1. The minimum absolute atomic E-state index is 0.0552. The number of nitrogens with zero attached hydrogens (tertiary/aromatic N) is 2. The van der Waals surface area contributed by atoms with Gasteiger partial charge in [0.15, 0.2) is 11.6 Å². The molecular formula is C14H15N3O2. The Morgan fingerprint density at radius 2 is 2.00 bits per heavy atom. The number of aromatic nitrogens is 2. The van der Waals surface area contributed by atoms with Gasteiger partial charge in [-0.05, 0) is 31.5 Å². The van der Waals surface area contributed by atoms with E-state index in [9.17, 15) is 5.11 Å². The highest BCUT2D eigenvalue weighted by molar-refractivity contribution is 5.63. The third-order valence-corrected chi connectivity index (χ3v) is 3.07. The van der Waals surface area contributed by atoms with Gasteiger partial charge in [0, 0.05) is 0 Å². The van der Waals surface area contributed by atoms with Crippen LogP contribution in [0.1, 0.15) is 12.8 Å². The van der Waals surface area contributed by atoms with E-state index in [1.165, 1.54) is 0 Å². The predicted molar refractivity (Wildman–Crippen MR) is 70.8 cm³/mol. The van der Waals surface area contributed by atoms with E-state index < -0.39 is 0 Å². The lowest BCUT2D eigenvalue weighted by molar-refractivity contribution is 0.186. The minimum atomic E-state index is 0.0552. The minimum Gasteiger partial charge on any atom is -0.507 e. The van der Waals surface area contributed by atoms with E-state index in [1.54, 1.807) is 30.6 Å². The average molecular weight is 257 g/mol. The number of hydrogen-bond acceptors (Lipinski definition) is 5. The Bertz CT molecular complexity index is 551. The molecule has 1 unspecified atom stereocenters. The van der Waals surface area contributed by atoms with E-state index in [0.29, 0.717) is 17.1 Å². The van der Waals surface area contributed by atoms with Crippen molar-refractivity contribution in [3.05, 3.63) is 36.7 Å². The first-order valence-electron chi connectivity index (χ1n) is 6.33. The van der Waals surface area contributed by atoms with Crippen LogP contribution in [0.15, 0.2) is 36.7 Å². The van der Waals surface area contributed by atoms with Gasteiger partial charge >= 0.3 is 0 Å². The molecule has 2 heterocycles. The van der Waals surface area contributed by atoms with E-state index in [2.05, 4.69) is 15.3 Å². The fraction of sp³-hybridized carbons (Fsp3) is 0.286. The molecule has 0 spiro atoms. The lowest BCUT2D eigenvalue weighted by Crippen LogP contribution is -2.27. The van der Waals surface area contributed by atoms with Crippen molar-refractivity contribution in [2.45, 2.75) is 19.1 Å². The Balaban J connectivity index is 1.77. The zero-order valence-electron chi connectivity index (χ0n) is 10.4. The van der Waals surface area contributed by atoms with Crippen molar-refractivity contribution in [1.29, 1.82) is 0 Å². The second-order valence-electron chi connectivity index (χ2n) is 4.46. The van der Waals surface area contributed by atoms with Crippen LogP contribution in [0.2, 0.25) is 0 Å². The summed E-state index contributed by atoms with van der Waals surface area (Å²) in [6.45, 7) is 0.988. The number of phenolic OH excluding ortho intramolecular Hbond substituents is 1. The number of hydrogen-bond donors (Lipinski definition) is 2. The average Bonchev–Trinajstić information content (AvgIpc) is 2.93. The first kappa shape index (κ1) is 11.9. The van der Waals surface area contributed by atoms with Gasteiger partial charge < -0.3 is 9.84 Å². The monoisotopic (exact) mass is 257 g/mol. The maximum absolute atomic E-state index is 9.74. The van der Waals surface area contributed by atoms with Crippen molar-refractivity contribution in [2.24, 2.45) is 0 Å². The van der Waals surface area contributed by atoms with Crippen LogP contribution in [0.25, 0.3) is 11.4 Å². The Morgan fingerprint density at radius 3 is 2.68 bits per heavy atom. The highest BCUT2D eigenvalue weighted by Crippen LogP contribution is 2.26. The van der Waals surface area contributed by atoms with Gasteiger partial charge in [0.25, 0.3) is 0 Å². The molecule has 0 aliphatic carbocycles. The lowest BCUT2D eigenvalue weighted by atomic mass is 10.2. The molecule has 1 fully saturated rings. The molecule has 5 nitrogen and oxygen atoms in total. The van der Waals surface area contributed by atoms with Crippen molar-refractivity contribution in [3.8, 4) is 22.9 Å². The Hall–Kier alpha value is -2.14. The summed E-state index contributed by atoms with van der Waals surface area (Å²) in [6, 6.07) is 7.00. The van der Waals surface area contributed by atoms with Gasteiger partial charge in [-0.2, -0.15) is 0 Å². The topological polar surface area (TPSA) is 67.3 Å². The van der Waals surface area contributed by atoms with Gasteiger partial charge in [-0.1, -0.05) is 12.1 Å². The summed E-state index contributed by atoms with van der Waals surface area (Å²) in [5.74, 6) is 1.30. The summed E-state index contributed by atoms with van der Waals surface area (Å²) in [5, 5.41) is 13.0. The molecule has 1 aliphatic heterocycles. The van der Waals surface area contributed by atoms with Crippen molar-refractivity contribution < 1.29 is 9.84 Å². The second kappa shape index (κ2) is 5.24. The van der Waals surface area contributed by atoms with Crippen LogP contribution in [0.4, 0.5) is 0 Å². The highest BCUT2D eigenvalue weighted by atomic mass is 16.5. The molecule has 0 radical (unpaired) electrons. The summed E-state index contributed by atoms with van der Waals surface area (Å²) in [7, 11) is 0. The van der Waals surface area contributed by atoms with Crippen LogP contribution >= 0.6 is 0 Å². The summed E-state index contributed by atoms with van der Waals surface area (Å²) < 4.78 is 5.70. The van der Waals surface area contributed by atoms with Gasteiger partial charge in [-0.3, -0.25) is 5.32 Å². The molecule has 2 N–H and O–H groups in total. The van der Waals surface area contributed by atoms with Crippen LogP contribution in [-0.4, -0.2) is 27.8 Å². The number of rotatable bonds is 3. The number of benzene rings is 1. The van der Waals surface area contributed by atoms with E-state index in [1.807, 2.05) is 6.07 Å². The first-order valence-corrected chi connectivity index (χ1v) is 6.33. The number of aromatic hydroxyl groups is 1. The Labute approximate surface area is 111 Å². The molecule has 1 atom stereocenters. The smallest absolute Gasteiger partial charge is 0.163 e. The number of para-hydroxylation sites is 1. The van der Waals surface area contributed by atoms with Crippen LogP contribution in [-0.2, 0) is 0 Å². The van der Waals surface area contributed by atoms with Gasteiger partial charge in [-0.15, -0.1) is 0 Å². The summed E-state index contributed by atoms with van der Waals surface area (Å²) >= 11 is 0. The predicted octanol–water partition coefficient (Wildman–Crippen LogP) is 1.94. The maximum Gasteiger partial charge on any atom is 0.163 e. The SMILES string of the molecule is Oc1ccccc1-c1ncc(OC2CCCN2)cn1. The Morgan fingerprint density at radius 1 is 1.21 bits per heavy atom. The molecular weight excluding hydrogens is 242 g/mol. The molecule has 0 bridgehead atoms. The van der Waals surface area contributed by atoms with Crippen LogP contribution < -0.4 is 10.1 Å². The number of nitrogens with one attached hydrogen (secondary N) is 1. The molecule has 1 saturated heterocycles. The molecule has 1 aliphatic rings. The van der Waals surface area contributed by atoms with Crippen molar-refractivity contribution in [1.82, 2.24) is 15.3 Å². The van der Waals surface area contributed by atoms with Crippen molar-refractivity contribution in [2.75, 3.05) is 6.54 Å². The third-order valence-electron chi connectivity index (χ3n) is 3.07. The molecule has 3 rings (SSSR count). The summed E-state index contributed by atoms with van der Waals surface area (Å²) in [5.41, 5.74) is 0.619. The largest absolute Gasteiger partial charge is 0.507 e. The molecule has 1 aromatic heterocycles. The van der Waals surface area contributed by atoms with Gasteiger partial charge in [0.1, 0.15) is 12.0 Å². The summed E-state index contributed by atoms with van der Waals surface area (Å²) in [6.07, 6.45) is 5.45. The second-order valence-corrected chi connectivity index (χ2v) is 4.46. The van der Waals surface area contributed by atoms with Crippen molar-refractivity contribution >= 4 is 0 Å². The molecule has 5 heteroatoms. The fourth-order valence-corrected chi connectivity index (χ4v) is 2.10. The fourth-order valence-electron chi connectivity index (χ4n) is 2.10. The standard InChI is InChI=1S/C14H15N3O2/c18-12-5-2-1-4-11(12)14-16-8-10(9-17-14)19-13-6-3-7-15-13/h1-2,4-5,8-9,13,15,18H,3,6-7H2. The molecule has 0 saturated carbocycles. The van der Waals surface area contributed by atoms with Gasteiger partial charge in [0.05, 0.1) is 18.0 Å². The molecule has 98 valence electrons.